The number of amides is 1. The lowest BCUT2D eigenvalue weighted by atomic mass is 10.0. The number of carbonyl (C=O) groups excluding carboxylic acids is 1. The average Bonchev–Trinajstić information content (AvgIpc) is 2.61. The van der Waals surface area contributed by atoms with E-state index in [1.54, 1.807) is 17.0 Å². The topological polar surface area (TPSA) is 66.5 Å². The molecule has 0 unspecified atom stereocenters. The molecule has 3 rings (SSSR count). The third-order valence-corrected chi connectivity index (χ3v) is 5.84. The van der Waals surface area contributed by atoms with Crippen LogP contribution in [0.4, 0.5) is 5.69 Å². The highest BCUT2D eigenvalue weighted by molar-refractivity contribution is 7.89. The molecule has 1 amide bonds. The van der Waals surface area contributed by atoms with Gasteiger partial charge in [0.15, 0.2) is 0 Å². The van der Waals surface area contributed by atoms with Gasteiger partial charge < -0.3 is 4.90 Å². The van der Waals surface area contributed by atoms with Crippen LogP contribution in [0.15, 0.2) is 53.4 Å². The van der Waals surface area contributed by atoms with Gasteiger partial charge in [-0.1, -0.05) is 35.9 Å². The fourth-order valence-electron chi connectivity index (χ4n) is 2.94. The van der Waals surface area contributed by atoms with Crippen molar-refractivity contribution in [2.24, 2.45) is 0 Å². The van der Waals surface area contributed by atoms with Crippen molar-refractivity contribution in [2.45, 2.75) is 24.2 Å². The molecule has 25 heavy (non-hydrogen) atoms. The molecule has 0 saturated carbocycles. The molecule has 2 aromatic rings. The van der Waals surface area contributed by atoms with Crippen molar-refractivity contribution < 1.29 is 13.2 Å². The van der Waals surface area contributed by atoms with Crippen LogP contribution in [0.2, 0.25) is 5.02 Å². The maximum atomic E-state index is 12.5. The summed E-state index contributed by atoms with van der Waals surface area (Å²) in [5.74, 6) is -0.0825. The van der Waals surface area contributed by atoms with Crippen LogP contribution in [0.5, 0.6) is 0 Å². The summed E-state index contributed by atoms with van der Waals surface area (Å²) in [6.07, 6.45) is 1.98. The molecule has 1 heterocycles. The number of carbonyl (C=O) groups is 1. The molecule has 5 nitrogen and oxygen atoms in total. The minimum absolute atomic E-state index is 0.0480. The first kappa shape index (κ1) is 17.9. The highest BCUT2D eigenvalue weighted by Crippen LogP contribution is 2.27. The molecule has 1 N–H and O–H groups in total. The van der Waals surface area contributed by atoms with Crippen LogP contribution in [-0.2, 0) is 21.2 Å². The lowest BCUT2D eigenvalue weighted by molar-refractivity contribution is -0.118. The Balaban J connectivity index is 1.62. The Bertz CT molecular complexity index is 883. The quantitative estimate of drug-likeness (QED) is 0.869. The minimum atomic E-state index is -3.67. The number of halogens is 1. The van der Waals surface area contributed by atoms with Crippen molar-refractivity contribution in [2.75, 3.05) is 18.0 Å². The Kier molecular flexibility index (Phi) is 5.42. The van der Waals surface area contributed by atoms with E-state index in [4.69, 9.17) is 11.6 Å². The number of nitrogens with one attached hydrogen (secondary N) is 1. The van der Waals surface area contributed by atoms with Crippen LogP contribution in [0.3, 0.4) is 0 Å². The predicted molar refractivity (Wildman–Crippen MR) is 98.4 cm³/mol. The van der Waals surface area contributed by atoms with Gasteiger partial charge in [0, 0.05) is 30.2 Å². The van der Waals surface area contributed by atoms with E-state index in [1.807, 2.05) is 24.3 Å². The SMILES string of the molecule is O=C(CCNS(=O)(=O)c1cccc(Cl)c1)N1CCCc2ccccc21. The molecule has 1 aliphatic rings. The van der Waals surface area contributed by atoms with E-state index >= 15 is 0 Å². The molecule has 0 bridgehead atoms. The molecule has 0 radical (unpaired) electrons. The number of aryl methyl sites for hydroxylation is 1. The number of anilines is 1. The summed E-state index contributed by atoms with van der Waals surface area (Å²) in [5, 5.41) is 0.351. The van der Waals surface area contributed by atoms with Crippen molar-refractivity contribution in [3.63, 3.8) is 0 Å². The molecule has 0 aromatic heterocycles. The lowest BCUT2D eigenvalue weighted by Crippen LogP contribution is -2.37. The second kappa shape index (κ2) is 7.56. The summed E-state index contributed by atoms with van der Waals surface area (Å²) >= 11 is 5.83. The van der Waals surface area contributed by atoms with Crippen LogP contribution in [0.1, 0.15) is 18.4 Å². The van der Waals surface area contributed by atoms with Gasteiger partial charge >= 0.3 is 0 Å². The maximum Gasteiger partial charge on any atom is 0.240 e. The molecule has 1 aliphatic heterocycles. The first-order chi connectivity index (χ1) is 12.0. The standard InChI is InChI=1S/C18H19ClN2O3S/c19-15-7-3-8-16(13-15)25(23,24)20-11-10-18(22)21-12-4-6-14-5-1-2-9-17(14)21/h1-3,5,7-9,13,20H,4,6,10-12H2. The van der Waals surface area contributed by atoms with Gasteiger partial charge in [-0.2, -0.15) is 0 Å². The number of sulfonamides is 1. The molecule has 7 heteroatoms. The molecule has 132 valence electrons. The van der Waals surface area contributed by atoms with E-state index < -0.39 is 10.0 Å². The molecule has 0 spiro atoms. The first-order valence-electron chi connectivity index (χ1n) is 8.11. The predicted octanol–water partition coefficient (Wildman–Crippen LogP) is 2.99. The van der Waals surface area contributed by atoms with Crippen molar-refractivity contribution >= 4 is 33.2 Å². The highest BCUT2D eigenvalue weighted by Gasteiger charge is 2.22. The zero-order chi connectivity index (χ0) is 17.9. The van der Waals surface area contributed by atoms with Crippen LogP contribution >= 0.6 is 11.6 Å². The largest absolute Gasteiger partial charge is 0.312 e. The van der Waals surface area contributed by atoms with Gasteiger partial charge in [-0.15, -0.1) is 0 Å². The van der Waals surface area contributed by atoms with E-state index in [1.165, 1.54) is 12.1 Å². The Hall–Kier alpha value is -1.89. The van der Waals surface area contributed by atoms with Crippen LogP contribution < -0.4 is 9.62 Å². The van der Waals surface area contributed by atoms with Gasteiger partial charge in [-0.3, -0.25) is 4.79 Å². The molecule has 0 saturated heterocycles. The maximum absolute atomic E-state index is 12.5. The number of rotatable bonds is 5. The van der Waals surface area contributed by atoms with Crippen molar-refractivity contribution in [1.82, 2.24) is 4.72 Å². The number of nitrogens with zero attached hydrogens (tertiary/aromatic N) is 1. The minimum Gasteiger partial charge on any atom is -0.312 e. The van der Waals surface area contributed by atoms with Crippen molar-refractivity contribution in [3.05, 3.63) is 59.1 Å². The fraction of sp³-hybridized carbons (Fsp3) is 0.278. The van der Waals surface area contributed by atoms with E-state index in [0.717, 1.165) is 24.1 Å². The molecular weight excluding hydrogens is 360 g/mol. The van der Waals surface area contributed by atoms with Gasteiger partial charge in [0.1, 0.15) is 0 Å². The molecule has 0 atom stereocenters. The monoisotopic (exact) mass is 378 g/mol. The Morgan fingerprint density at radius 3 is 2.76 bits per heavy atom. The number of hydrogen-bond acceptors (Lipinski definition) is 3. The third kappa shape index (κ3) is 4.21. The molecule has 2 aromatic carbocycles. The number of hydrogen-bond donors (Lipinski definition) is 1. The van der Waals surface area contributed by atoms with Crippen molar-refractivity contribution in [1.29, 1.82) is 0 Å². The van der Waals surface area contributed by atoms with E-state index in [0.29, 0.717) is 11.6 Å². The number of benzene rings is 2. The smallest absolute Gasteiger partial charge is 0.240 e. The Labute approximate surface area is 152 Å². The molecule has 0 aliphatic carbocycles. The number of para-hydroxylation sites is 1. The van der Waals surface area contributed by atoms with Gasteiger partial charge in [0.05, 0.1) is 4.90 Å². The third-order valence-electron chi connectivity index (χ3n) is 4.15. The average molecular weight is 379 g/mol. The van der Waals surface area contributed by atoms with E-state index in [2.05, 4.69) is 4.72 Å². The molecule has 0 fully saturated rings. The van der Waals surface area contributed by atoms with E-state index in [-0.39, 0.29) is 23.8 Å². The number of fused-ring (bicyclic) bond motifs is 1. The highest BCUT2D eigenvalue weighted by atomic mass is 35.5. The van der Waals surface area contributed by atoms with Gasteiger partial charge in [0.2, 0.25) is 15.9 Å². The summed E-state index contributed by atoms with van der Waals surface area (Å²) in [6.45, 7) is 0.712. The molecular formula is C18H19ClN2O3S. The normalized spacial score (nSPS) is 14.2. The Morgan fingerprint density at radius 1 is 1.16 bits per heavy atom. The van der Waals surface area contributed by atoms with Gasteiger partial charge in [0.25, 0.3) is 0 Å². The summed E-state index contributed by atoms with van der Waals surface area (Å²) in [5.41, 5.74) is 2.08. The van der Waals surface area contributed by atoms with Gasteiger partial charge in [-0.25, -0.2) is 13.1 Å². The lowest BCUT2D eigenvalue weighted by Gasteiger charge is -2.29. The van der Waals surface area contributed by atoms with E-state index in [9.17, 15) is 13.2 Å². The summed E-state index contributed by atoms with van der Waals surface area (Å²) in [4.78, 5) is 14.3. The summed E-state index contributed by atoms with van der Waals surface area (Å²) in [7, 11) is -3.67. The van der Waals surface area contributed by atoms with Crippen LogP contribution in [0, 0.1) is 0 Å². The van der Waals surface area contributed by atoms with Crippen LogP contribution in [-0.4, -0.2) is 27.4 Å². The zero-order valence-corrected chi connectivity index (χ0v) is 15.2. The summed E-state index contributed by atoms with van der Waals surface area (Å²) in [6, 6.07) is 13.9. The Morgan fingerprint density at radius 2 is 1.96 bits per heavy atom. The second-order valence-electron chi connectivity index (χ2n) is 5.88. The zero-order valence-electron chi connectivity index (χ0n) is 13.6. The van der Waals surface area contributed by atoms with Crippen molar-refractivity contribution in [3.8, 4) is 0 Å². The fourth-order valence-corrected chi connectivity index (χ4v) is 4.27. The van der Waals surface area contributed by atoms with Crippen LogP contribution in [0.25, 0.3) is 0 Å². The summed E-state index contributed by atoms with van der Waals surface area (Å²) < 4.78 is 27.0. The van der Waals surface area contributed by atoms with Gasteiger partial charge in [-0.05, 0) is 42.7 Å². The second-order valence-corrected chi connectivity index (χ2v) is 8.09. The first-order valence-corrected chi connectivity index (χ1v) is 9.97.